The van der Waals surface area contributed by atoms with E-state index < -0.39 is 6.92 Å². The van der Waals surface area contributed by atoms with E-state index in [0.717, 1.165) is 11.9 Å². The average molecular weight is 383 g/mol. The lowest BCUT2D eigenvalue weighted by molar-refractivity contribution is 0.144. The second kappa shape index (κ2) is 7.95. The van der Waals surface area contributed by atoms with Gasteiger partial charge in [0.15, 0.2) is 5.84 Å². The number of halogens is 6. The second-order valence-electron chi connectivity index (χ2n) is 2.68. The molecule has 0 aliphatic rings. The summed E-state index contributed by atoms with van der Waals surface area (Å²) < 4.78 is 2.88. The molecule has 0 aromatic rings. The number of hydrogen-bond donors (Lipinski definition) is 1. The Morgan fingerprint density at radius 2 is 1.76 bits per heavy atom. The van der Waals surface area contributed by atoms with Crippen molar-refractivity contribution in [3.8, 4) is 0 Å². The Bertz CT molecular complexity index is 254. The quantitative estimate of drug-likeness (QED) is 0.247. The number of ether oxygens (including phenoxy) is 1. The highest BCUT2D eigenvalue weighted by Crippen LogP contribution is 2.43. The molecule has 0 aromatic heterocycles. The van der Waals surface area contributed by atoms with Crippen LogP contribution in [0.4, 0.5) is 0 Å². The zero-order valence-corrected chi connectivity index (χ0v) is 14.0. The van der Waals surface area contributed by atoms with Crippen LogP contribution in [-0.4, -0.2) is 36.8 Å². The summed E-state index contributed by atoms with van der Waals surface area (Å²) in [4.78, 5) is 0. The van der Waals surface area contributed by atoms with Crippen molar-refractivity contribution in [3.05, 3.63) is 0 Å². The summed E-state index contributed by atoms with van der Waals surface area (Å²) in [5, 5.41) is 7.69. The minimum absolute atomic E-state index is 0.263. The van der Waals surface area contributed by atoms with E-state index in [9.17, 15) is 0 Å². The van der Waals surface area contributed by atoms with E-state index >= 15 is 0 Å². The molecular formula is C7H10Cl6N2OS. The predicted octanol–water partition coefficient (Wildman–Crippen LogP) is 4.65. The molecule has 0 bridgehead atoms. The van der Waals surface area contributed by atoms with Gasteiger partial charge < -0.3 is 4.74 Å². The summed E-state index contributed by atoms with van der Waals surface area (Å²) in [6.45, 7) is 2.96. The monoisotopic (exact) mass is 380 g/mol. The maximum absolute atomic E-state index is 7.69. The van der Waals surface area contributed by atoms with Crippen molar-refractivity contribution < 1.29 is 4.74 Å². The Morgan fingerprint density at radius 3 is 2.12 bits per heavy atom. The van der Waals surface area contributed by atoms with Gasteiger partial charge in [0.25, 0.3) is 3.12 Å². The Kier molecular flexibility index (Phi) is 8.66. The van der Waals surface area contributed by atoms with Gasteiger partial charge >= 0.3 is 0 Å². The summed E-state index contributed by atoms with van der Waals surface area (Å²) in [5.41, 5.74) is 0. The van der Waals surface area contributed by atoms with Gasteiger partial charge in [-0.1, -0.05) is 69.6 Å². The fraction of sp³-hybridized carbons (Fsp3) is 0.857. The number of nitrogens with one attached hydrogen (secondary N) is 1. The third-order valence-electron chi connectivity index (χ3n) is 1.37. The van der Waals surface area contributed by atoms with Gasteiger partial charge in [-0.15, -0.1) is 0 Å². The molecule has 0 rings (SSSR count). The van der Waals surface area contributed by atoms with Crippen molar-refractivity contribution in [3.63, 3.8) is 0 Å². The molecule has 0 spiro atoms. The summed E-state index contributed by atoms with van der Waals surface area (Å²) in [6, 6.07) is 0. The molecule has 1 N–H and O–H groups in total. The molecule has 0 saturated heterocycles. The van der Waals surface area contributed by atoms with Crippen LogP contribution in [-0.2, 0) is 4.74 Å². The largest absolute Gasteiger partial charge is 0.380 e. The van der Waals surface area contributed by atoms with Crippen molar-refractivity contribution in [2.45, 2.75) is 13.8 Å². The third-order valence-corrected chi connectivity index (χ3v) is 3.33. The molecule has 102 valence electrons. The maximum Gasteiger partial charge on any atom is 0.256 e. The molecule has 0 radical (unpaired) electrons. The fourth-order valence-corrected chi connectivity index (χ4v) is 2.61. The van der Waals surface area contributed by atoms with Crippen LogP contribution in [0.2, 0.25) is 0 Å². The molecule has 17 heavy (non-hydrogen) atoms. The third kappa shape index (κ3) is 9.11. The van der Waals surface area contributed by atoms with Crippen molar-refractivity contribution >= 4 is 87.4 Å². The minimum Gasteiger partial charge on any atom is -0.380 e. The molecule has 0 fully saturated rings. The summed E-state index contributed by atoms with van der Waals surface area (Å²) in [7, 11) is 0. The van der Waals surface area contributed by atoms with Crippen molar-refractivity contribution in [2.75, 3.05) is 19.8 Å². The molecule has 0 heterocycles. The van der Waals surface area contributed by atoms with E-state index in [4.69, 9.17) is 79.8 Å². The highest BCUT2D eigenvalue weighted by molar-refractivity contribution is 8.03. The van der Waals surface area contributed by atoms with Gasteiger partial charge in [0.05, 0.1) is 13.2 Å². The molecule has 0 aromatic carbocycles. The lowest BCUT2D eigenvalue weighted by atomic mass is 10.6. The molecular weight excluding hydrogens is 373 g/mol. The van der Waals surface area contributed by atoms with Crippen LogP contribution >= 0.6 is 81.6 Å². The first kappa shape index (κ1) is 18.5. The van der Waals surface area contributed by atoms with Crippen LogP contribution in [0.15, 0.2) is 0 Å². The van der Waals surface area contributed by atoms with Gasteiger partial charge in [-0.3, -0.25) is 9.71 Å². The Morgan fingerprint density at radius 1 is 1.24 bits per heavy atom. The van der Waals surface area contributed by atoms with Crippen molar-refractivity contribution in [2.24, 2.45) is 0 Å². The number of hydrogen-bond acceptors (Lipinski definition) is 3. The van der Waals surface area contributed by atoms with Gasteiger partial charge in [-0.25, -0.2) is 0 Å². The lowest BCUT2D eigenvalue weighted by Crippen LogP contribution is -2.37. The Balaban J connectivity index is 4.56. The van der Waals surface area contributed by atoms with E-state index in [-0.39, 0.29) is 12.4 Å². The van der Waals surface area contributed by atoms with Crippen LogP contribution in [0.3, 0.4) is 0 Å². The van der Waals surface area contributed by atoms with Crippen LogP contribution < -0.4 is 0 Å². The number of nitrogens with zero attached hydrogens (tertiary/aromatic N) is 1. The van der Waals surface area contributed by atoms with E-state index in [0.29, 0.717) is 13.2 Å². The van der Waals surface area contributed by atoms with E-state index in [2.05, 4.69) is 0 Å². The normalized spacial score (nSPS) is 12.6. The first-order valence-corrected chi connectivity index (χ1v) is 7.39. The van der Waals surface area contributed by atoms with Crippen LogP contribution in [0, 0.1) is 5.41 Å². The molecule has 0 atom stereocenters. The van der Waals surface area contributed by atoms with Crippen LogP contribution in [0.1, 0.15) is 6.92 Å². The zero-order valence-electron chi connectivity index (χ0n) is 8.65. The van der Waals surface area contributed by atoms with Gasteiger partial charge in [0.1, 0.15) is 0 Å². The van der Waals surface area contributed by atoms with Crippen molar-refractivity contribution in [1.82, 2.24) is 4.31 Å². The highest BCUT2D eigenvalue weighted by atomic mass is 35.6. The number of amidine groups is 1. The van der Waals surface area contributed by atoms with Gasteiger partial charge in [-0.05, 0) is 6.92 Å². The zero-order chi connectivity index (χ0) is 13.7. The molecule has 0 saturated carbocycles. The summed E-state index contributed by atoms with van der Waals surface area (Å²) in [6.07, 6.45) is 0. The first-order chi connectivity index (χ1) is 7.58. The summed E-state index contributed by atoms with van der Waals surface area (Å²) >= 11 is 34.4. The van der Waals surface area contributed by atoms with E-state index in [1.807, 2.05) is 6.92 Å². The maximum atomic E-state index is 7.69. The molecule has 0 aliphatic heterocycles. The molecule has 0 unspecified atom stereocenters. The van der Waals surface area contributed by atoms with Crippen LogP contribution in [0.25, 0.3) is 0 Å². The lowest BCUT2D eigenvalue weighted by Gasteiger charge is -2.29. The van der Waals surface area contributed by atoms with Gasteiger partial charge in [0.2, 0.25) is 3.79 Å². The fourth-order valence-electron chi connectivity index (χ4n) is 0.761. The Hall–Kier alpha value is 1.52. The van der Waals surface area contributed by atoms with Gasteiger partial charge in [0, 0.05) is 18.6 Å². The minimum atomic E-state index is -1.88. The standard InChI is InChI=1S/C7H10Cl6N2OS/c1-2-16-4-3-15(17-7(11,12)13)5(14)6(8,9)10/h14H,2-4H2,1H3. The molecule has 3 nitrogen and oxygen atoms in total. The summed E-state index contributed by atoms with van der Waals surface area (Å²) in [5.74, 6) is -0.293. The van der Waals surface area contributed by atoms with E-state index in [1.165, 1.54) is 4.31 Å². The Labute approximate surface area is 135 Å². The average Bonchev–Trinajstić information content (AvgIpc) is 2.12. The molecule has 0 aliphatic carbocycles. The smallest absolute Gasteiger partial charge is 0.256 e. The predicted molar refractivity (Wildman–Crippen MR) is 79.1 cm³/mol. The topological polar surface area (TPSA) is 36.3 Å². The van der Waals surface area contributed by atoms with E-state index in [1.54, 1.807) is 0 Å². The number of alkyl halides is 6. The highest BCUT2D eigenvalue weighted by Gasteiger charge is 2.35. The number of rotatable bonds is 5. The second-order valence-corrected chi connectivity index (χ2v) is 9.15. The van der Waals surface area contributed by atoms with Gasteiger partial charge in [-0.2, -0.15) is 0 Å². The van der Waals surface area contributed by atoms with Crippen molar-refractivity contribution in [1.29, 1.82) is 5.41 Å². The SMILES string of the molecule is CCOCCN(SC(Cl)(Cl)Cl)C(=N)C(Cl)(Cl)Cl. The first-order valence-electron chi connectivity index (χ1n) is 4.34. The molecule has 0 amide bonds. The van der Waals surface area contributed by atoms with Crippen LogP contribution in [0.5, 0.6) is 0 Å². The molecule has 10 heteroatoms.